The number of ether oxygens (including phenoxy) is 3. The zero-order valence-electron chi connectivity index (χ0n) is 21.9. The van der Waals surface area contributed by atoms with Crippen molar-refractivity contribution in [1.29, 1.82) is 0 Å². The van der Waals surface area contributed by atoms with Crippen molar-refractivity contribution in [3.05, 3.63) is 70.2 Å². The summed E-state index contributed by atoms with van der Waals surface area (Å²) in [6, 6.07) is 13.6. The minimum atomic E-state index is -0.415. The normalized spacial score (nSPS) is 23.4. The molecular formula is C28H34ClN3O6. The summed E-state index contributed by atoms with van der Waals surface area (Å²) in [6.07, 6.45) is 0.503. The standard InChI is InChI=1S/C28H34ClN3O6/c1-36-13-12-30-26(33)20-8-4-18(5-9-20)17-32-27(34)22-14-24(37-2)25(38-3)15-23(22)31(28(32)35)16-19-6-10-21(29)11-7-19/h4-11,22-25H,12-17H2,1-3H3,(H,30,33). The van der Waals surface area contributed by atoms with Crippen LogP contribution in [0.2, 0.25) is 5.02 Å². The van der Waals surface area contributed by atoms with Gasteiger partial charge in [0.05, 0.1) is 31.3 Å². The van der Waals surface area contributed by atoms with E-state index in [-0.39, 0.29) is 42.6 Å². The molecule has 2 aromatic rings. The molecule has 2 aliphatic rings. The van der Waals surface area contributed by atoms with E-state index in [2.05, 4.69) is 5.32 Å². The van der Waals surface area contributed by atoms with Gasteiger partial charge in [-0.2, -0.15) is 0 Å². The summed E-state index contributed by atoms with van der Waals surface area (Å²) in [7, 11) is 4.81. The first-order valence-electron chi connectivity index (χ1n) is 12.6. The number of fused-ring (bicyclic) bond motifs is 1. The third-order valence-corrected chi connectivity index (χ3v) is 7.57. The fourth-order valence-electron chi connectivity index (χ4n) is 5.24. The van der Waals surface area contributed by atoms with Crippen molar-refractivity contribution in [1.82, 2.24) is 15.1 Å². The first kappa shape index (κ1) is 28.0. The van der Waals surface area contributed by atoms with Gasteiger partial charge in [-0.15, -0.1) is 0 Å². The van der Waals surface area contributed by atoms with Gasteiger partial charge in [0.25, 0.3) is 5.91 Å². The molecule has 4 atom stereocenters. The maximum atomic E-state index is 13.8. The van der Waals surface area contributed by atoms with Crippen LogP contribution in [0.15, 0.2) is 48.5 Å². The highest BCUT2D eigenvalue weighted by molar-refractivity contribution is 6.30. The van der Waals surface area contributed by atoms with E-state index >= 15 is 0 Å². The van der Waals surface area contributed by atoms with Gasteiger partial charge in [0, 0.05) is 51.0 Å². The molecule has 2 aromatic carbocycles. The molecule has 2 fully saturated rings. The number of carbonyl (C=O) groups is 3. The van der Waals surface area contributed by atoms with Gasteiger partial charge in [0.1, 0.15) is 0 Å². The Morgan fingerprint density at radius 3 is 2.16 bits per heavy atom. The SMILES string of the molecule is COCCNC(=O)c1ccc(CN2C(=O)C3CC(OC)C(OC)CC3N(Cc3ccc(Cl)cc3)C2=O)cc1. The van der Waals surface area contributed by atoms with Crippen molar-refractivity contribution < 1.29 is 28.6 Å². The van der Waals surface area contributed by atoms with Crippen molar-refractivity contribution in [2.45, 2.75) is 44.2 Å². The zero-order chi connectivity index (χ0) is 27.2. The molecule has 1 N–H and O–H groups in total. The van der Waals surface area contributed by atoms with Gasteiger partial charge in [-0.1, -0.05) is 35.9 Å². The van der Waals surface area contributed by atoms with Crippen LogP contribution in [0.4, 0.5) is 4.79 Å². The monoisotopic (exact) mass is 543 g/mol. The van der Waals surface area contributed by atoms with Gasteiger partial charge in [-0.25, -0.2) is 4.79 Å². The summed E-state index contributed by atoms with van der Waals surface area (Å²) in [5.41, 5.74) is 2.16. The average molecular weight is 544 g/mol. The van der Waals surface area contributed by atoms with E-state index in [9.17, 15) is 14.4 Å². The number of rotatable bonds is 10. The fourth-order valence-corrected chi connectivity index (χ4v) is 5.37. The van der Waals surface area contributed by atoms with Crippen LogP contribution in [-0.2, 0) is 32.1 Å². The summed E-state index contributed by atoms with van der Waals surface area (Å²) >= 11 is 6.06. The number of imide groups is 1. The molecule has 1 aliphatic carbocycles. The van der Waals surface area contributed by atoms with Crippen molar-refractivity contribution >= 4 is 29.4 Å². The third kappa shape index (κ3) is 6.18. The maximum absolute atomic E-state index is 13.8. The lowest BCUT2D eigenvalue weighted by molar-refractivity contribution is -0.152. The number of benzene rings is 2. The second-order valence-electron chi connectivity index (χ2n) is 9.60. The van der Waals surface area contributed by atoms with Crippen LogP contribution in [0.3, 0.4) is 0 Å². The molecule has 4 unspecified atom stereocenters. The summed E-state index contributed by atoms with van der Waals surface area (Å²) in [4.78, 5) is 42.9. The predicted molar refractivity (Wildman–Crippen MR) is 142 cm³/mol. The second kappa shape index (κ2) is 12.7. The number of nitrogens with one attached hydrogen (secondary N) is 1. The Kier molecular flexibility index (Phi) is 9.38. The molecule has 38 heavy (non-hydrogen) atoms. The van der Waals surface area contributed by atoms with Crippen LogP contribution in [0.25, 0.3) is 0 Å². The molecule has 1 aliphatic heterocycles. The van der Waals surface area contributed by atoms with Crippen LogP contribution < -0.4 is 5.32 Å². The molecule has 0 radical (unpaired) electrons. The summed E-state index contributed by atoms with van der Waals surface area (Å²) < 4.78 is 16.3. The van der Waals surface area contributed by atoms with Crippen LogP contribution in [-0.4, -0.2) is 80.4 Å². The summed E-state index contributed by atoms with van der Waals surface area (Å²) in [5, 5.41) is 3.39. The second-order valence-corrected chi connectivity index (χ2v) is 10.0. The number of halogens is 1. The van der Waals surface area contributed by atoms with Gasteiger partial charge < -0.3 is 24.4 Å². The van der Waals surface area contributed by atoms with Gasteiger partial charge >= 0.3 is 6.03 Å². The predicted octanol–water partition coefficient (Wildman–Crippen LogP) is 3.49. The molecule has 1 saturated carbocycles. The van der Waals surface area contributed by atoms with Gasteiger partial charge in [0.15, 0.2) is 0 Å². The van der Waals surface area contributed by atoms with E-state index < -0.39 is 5.92 Å². The molecule has 0 aromatic heterocycles. The van der Waals surface area contributed by atoms with E-state index in [1.165, 1.54) is 4.90 Å². The Balaban J connectivity index is 1.56. The number of hydrogen-bond acceptors (Lipinski definition) is 6. The molecule has 0 spiro atoms. The Labute approximate surface area is 228 Å². The highest BCUT2D eigenvalue weighted by atomic mass is 35.5. The first-order chi connectivity index (χ1) is 18.4. The molecule has 9 nitrogen and oxygen atoms in total. The lowest BCUT2D eigenvalue weighted by atomic mass is 9.77. The lowest BCUT2D eigenvalue weighted by Crippen LogP contribution is -2.64. The van der Waals surface area contributed by atoms with Crippen LogP contribution in [0, 0.1) is 5.92 Å². The topological polar surface area (TPSA) is 97.4 Å². The van der Waals surface area contributed by atoms with Crippen molar-refractivity contribution in [2.24, 2.45) is 5.92 Å². The molecule has 0 bridgehead atoms. The fraction of sp³-hybridized carbons (Fsp3) is 0.464. The number of hydrogen-bond donors (Lipinski definition) is 1. The van der Waals surface area contributed by atoms with Crippen LogP contribution in [0.1, 0.15) is 34.3 Å². The Hall–Kier alpha value is -2.98. The molecule has 1 heterocycles. The number of methoxy groups -OCH3 is 3. The van der Waals surface area contributed by atoms with E-state index in [1.54, 1.807) is 62.6 Å². The molecule has 4 amide bonds. The minimum absolute atomic E-state index is 0.106. The van der Waals surface area contributed by atoms with Crippen molar-refractivity contribution in [3.63, 3.8) is 0 Å². The van der Waals surface area contributed by atoms with E-state index in [0.717, 1.165) is 11.1 Å². The number of carbonyl (C=O) groups excluding carboxylic acids is 3. The van der Waals surface area contributed by atoms with E-state index in [4.69, 9.17) is 25.8 Å². The number of amides is 4. The van der Waals surface area contributed by atoms with E-state index in [1.807, 2.05) is 12.1 Å². The highest BCUT2D eigenvalue weighted by Crippen LogP contribution is 2.38. The average Bonchev–Trinajstić information content (AvgIpc) is 2.94. The molecule has 10 heteroatoms. The van der Waals surface area contributed by atoms with Crippen LogP contribution in [0.5, 0.6) is 0 Å². The largest absolute Gasteiger partial charge is 0.383 e. The maximum Gasteiger partial charge on any atom is 0.327 e. The Morgan fingerprint density at radius 2 is 1.53 bits per heavy atom. The summed E-state index contributed by atoms with van der Waals surface area (Å²) in [5.74, 6) is -0.844. The van der Waals surface area contributed by atoms with Gasteiger partial charge in [0.2, 0.25) is 5.91 Å². The van der Waals surface area contributed by atoms with Crippen molar-refractivity contribution in [3.8, 4) is 0 Å². The Morgan fingerprint density at radius 1 is 0.921 bits per heavy atom. The molecule has 1 saturated heterocycles. The van der Waals surface area contributed by atoms with Gasteiger partial charge in [-0.05, 0) is 48.2 Å². The molecule has 4 rings (SSSR count). The zero-order valence-corrected chi connectivity index (χ0v) is 22.6. The highest BCUT2D eigenvalue weighted by Gasteiger charge is 2.51. The minimum Gasteiger partial charge on any atom is -0.383 e. The smallest absolute Gasteiger partial charge is 0.327 e. The lowest BCUT2D eigenvalue weighted by Gasteiger charge is -2.50. The van der Waals surface area contributed by atoms with Gasteiger partial charge in [-0.3, -0.25) is 14.5 Å². The third-order valence-electron chi connectivity index (χ3n) is 7.32. The number of urea groups is 1. The number of nitrogens with zero attached hydrogens (tertiary/aromatic N) is 2. The molecular weight excluding hydrogens is 510 g/mol. The summed E-state index contributed by atoms with van der Waals surface area (Å²) in [6.45, 7) is 1.28. The van der Waals surface area contributed by atoms with E-state index in [0.29, 0.717) is 43.1 Å². The van der Waals surface area contributed by atoms with Crippen LogP contribution >= 0.6 is 11.6 Å². The first-order valence-corrected chi connectivity index (χ1v) is 13.0. The Bertz CT molecular complexity index is 1130. The molecule has 204 valence electrons. The van der Waals surface area contributed by atoms with Crippen molar-refractivity contribution in [2.75, 3.05) is 34.5 Å². The quantitative estimate of drug-likeness (QED) is 0.461.